The first-order valence-corrected chi connectivity index (χ1v) is 9.75. The van der Waals surface area contributed by atoms with E-state index in [-0.39, 0.29) is 11.8 Å². The van der Waals surface area contributed by atoms with Crippen LogP contribution in [0.3, 0.4) is 0 Å². The number of rotatable bonds is 8. The third kappa shape index (κ3) is 5.65. The van der Waals surface area contributed by atoms with Crippen LogP contribution in [-0.4, -0.2) is 29.9 Å². The first-order valence-electron chi connectivity index (χ1n) is 8.87. The van der Waals surface area contributed by atoms with E-state index in [9.17, 15) is 9.59 Å². The maximum Gasteiger partial charge on any atom is 0.251 e. The molecule has 0 spiro atoms. The first-order chi connectivity index (χ1) is 13.6. The second-order valence-electron chi connectivity index (χ2n) is 6.05. The van der Waals surface area contributed by atoms with Crippen LogP contribution in [0.1, 0.15) is 31.4 Å². The summed E-state index contributed by atoms with van der Waals surface area (Å²) in [5.41, 5.74) is 2.02. The van der Waals surface area contributed by atoms with Gasteiger partial charge in [-0.1, -0.05) is 18.2 Å². The molecular formula is C21H21N3O3S. The van der Waals surface area contributed by atoms with E-state index >= 15 is 0 Å². The summed E-state index contributed by atoms with van der Waals surface area (Å²) in [6.07, 6.45) is 0. The lowest BCUT2D eigenvalue weighted by molar-refractivity contribution is 0.0927. The van der Waals surface area contributed by atoms with Crippen LogP contribution in [0.2, 0.25) is 0 Å². The normalized spacial score (nSPS) is 10.3. The number of amides is 2. The number of hydrogen-bond donors (Lipinski definition) is 2. The van der Waals surface area contributed by atoms with E-state index in [0.29, 0.717) is 36.6 Å². The fraction of sp³-hybridized carbons (Fsp3) is 0.190. The summed E-state index contributed by atoms with van der Waals surface area (Å²) in [7, 11) is 0. The van der Waals surface area contributed by atoms with E-state index in [1.165, 1.54) is 0 Å². The minimum Gasteiger partial charge on any atom is -0.487 e. The van der Waals surface area contributed by atoms with Crippen molar-refractivity contribution < 1.29 is 14.3 Å². The van der Waals surface area contributed by atoms with Crippen LogP contribution in [0, 0.1) is 6.92 Å². The number of nitrogens with zero attached hydrogens (tertiary/aromatic N) is 1. The molecule has 3 rings (SSSR count). The highest BCUT2D eigenvalue weighted by Crippen LogP contribution is 2.15. The Hall–Kier alpha value is -3.19. The van der Waals surface area contributed by atoms with E-state index in [4.69, 9.17) is 4.74 Å². The van der Waals surface area contributed by atoms with E-state index in [1.807, 2.05) is 30.5 Å². The van der Waals surface area contributed by atoms with Crippen molar-refractivity contribution in [1.82, 2.24) is 15.6 Å². The molecule has 0 bridgehead atoms. The molecule has 0 fully saturated rings. The lowest BCUT2D eigenvalue weighted by Crippen LogP contribution is -2.34. The van der Waals surface area contributed by atoms with Crippen molar-refractivity contribution in [3.05, 3.63) is 81.8 Å². The number of benzene rings is 2. The molecule has 2 aromatic carbocycles. The smallest absolute Gasteiger partial charge is 0.251 e. The minimum atomic E-state index is -0.198. The zero-order valence-corrected chi connectivity index (χ0v) is 16.3. The Morgan fingerprint density at radius 2 is 1.54 bits per heavy atom. The third-order valence-corrected chi connectivity index (χ3v) is 4.72. The molecule has 2 amide bonds. The van der Waals surface area contributed by atoms with Gasteiger partial charge in [0.25, 0.3) is 11.8 Å². The van der Waals surface area contributed by atoms with E-state index in [2.05, 4.69) is 15.6 Å². The van der Waals surface area contributed by atoms with Crippen molar-refractivity contribution in [2.45, 2.75) is 13.5 Å². The van der Waals surface area contributed by atoms with Crippen LogP contribution >= 0.6 is 11.3 Å². The molecule has 144 valence electrons. The summed E-state index contributed by atoms with van der Waals surface area (Å²) in [5.74, 6) is 0.319. The number of carbonyl (C=O) groups is 2. The summed E-state index contributed by atoms with van der Waals surface area (Å²) < 4.78 is 5.67. The van der Waals surface area contributed by atoms with Gasteiger partial charge in [-0.05, 0) is 43.3 Å². The second kappa shape index (κ2) is 9.66. The average Bonchev–Trinajstić information content (AvgIpc) is 3.15. The van der Waals surface area contributed by atoms with Gasteiger partial charge in [0.15, 0.2) is 0 Å². The molecule has 0 saturated heterocycles. The lowest BCUT2D eigenvalue weighted by Gasteiger charge is -2.08. The fourth-order valence-corrected chi connectivity index (χ4v) is 3.08. The highest BCUT2D eigenvalue weighted by Gasteiger charge is 2.07. The van der Waals surface area contributed by atoms with Crippen LogP contribution in [0.4, 0.5) is 0 Å². The molecule has 0 unspecified atom stereocenters. The van der Waals surface area contributed by atoms with Gasteiger partial charge in [-0.2, -0.15) is 0 Å². The number of ether oxygens (including phenoxy) is 1. The number of nitrogens with one attached hydrogen (secondary N) is 2. The Kier molecular flexibility index (Phi) is 6.75. The molecule has 1 aromatic heterocycles. The fourth-order valence-electron chi connectivity index (χ4n) is 2.48. The number of carbonyl (C=O) groups excluding carboxylic acids is 2. The molecule has 28 heavy (non-hydrogen) atoms. The van der Waals surface area contributed by atoms with Crippen LogP contribution in [0.25, 0.3) is 0 Å². The molecular weight excluding hydrogens is 374 g/mol. The Labute approximate surface area is 167 Å². The van der Waals surface area contributed by atoms with E-state index in [1.54, 1.807) is 47.7 Å². The largest absolute Gasteiger partial charge is 0.487 e. The van der Waals surface area contributed by atoms with Crippen molar-refractivity contribution in [3.8, 4) is 5.75 Å². The number of hydrogen-bond acceptors (Lipinski definition) is 5. The highest BCUT2D eigenvalue weighted by molar-refractivity contribution is 7.09. The molecule has 7 heteroatoms. The van der Waals surface area contributed by atoms with Crippen molar-refractivity contribution in [1.29, 1.82) is 0 Å². The van der Waals surface area contributed by atoms with Gasteiger partial charge >= 0.3 is 0 Å². The minimum absolute atomic E-state index is 0.161. The number of aromatic nitrogens is 1. The Bertz CT molecular complexity index is 924. The van der Waals surface area contributed by atoms with Crippen molar-refractivity contribution in [2.24, 2.45) is 0 Å². The lowest BCUT2D eigenvalue weighted by atomic mass is 10.2. The molecule has 0 aliphatic carbocycles. The summed E-state index contributed by atoms with van der Waals surface area (Å²) >= 11 is 1.59. The molecule has 0 aliphatic heterocycles. The molecule has 2 N–H and O–H groups in total. The maximum atomic E-state index is 12.2. The predicted octanol–water partition coefficient (Wildman–Crippen LogP) is 3.19. The molecule has 0 saturated carbocycles. The van der Waals surface area contributed by atoms with Gasteiger partial charge in [0.2, 0.25) is 0 Å². The van der Waals surface area contributed by atoms with Gasteiger partial charge in [0.1, 0.15) is 12.4 Å². The zero-order chi connectivity index (χ0) is 19.8. The third-order valence-electron chi connectivity index (χ3n) is 3.90. The standard InChI is InChI=1S/C21H21N3O3S/c1-15-24-18(14-28-15)13-27-19-9-7-17(8-10-19)21(26)23-12-11-22-20(25)16-5-3-2-4-6-16/h2-10,14H,11-13H2,1H3,(H,22,25)(H,23,26). The van der Waals surface area contributed by atoms with Gasteiger partial charge in [0.05, 0.1) is 10.7 Å². The summed E-state index contributed by atoms with van der Waals surface area (Å²) in [5, 5.41) is 8.52. The van der Waals surface area contributed by atoms with Crippen LogP contribution < -0.4 is 15.4 Å². The SMILES string of the molecule is Cc1nc(COc2ccc(C(=O)NCCNC(=O)c3ccccc3)cc2)cs1. The van der Waals surface area contributed by atoms with Crippen molar-refractivity contribution >= 4 is 23.2 Å². The number of thiazole rings is 1. The summed E-state index contributed by atoms with van der Waals surface area (Å²) in [4.78, 5) is 28.4. The maximum absolute atomic E-state index is 12.2. The first kappa shape index (κ1) is 19.6. The van der Waals surface area contributed by atoms with Gasteiger partial charge in [0, 0.05) is 29.6 Å². The van der Waals surface area contributed by atoms with Crippen LogP contribution in [-0.2, 0) is 6.61 Å². The molecule has 1 heterocycles. The monoisotopic (exact) mass is 395 g/mol. The quantitative estimate of drug-likeness (QED) is 0.574. The molecule has 0 atom stereocenters. The van der Waals surface area contributed by atoms with Crippen LogP contribution in [0.15, 0.2) is 60.0 Å². The van der Waals surface area contributed by atoms with Crippen LogP contribution in [0.5, 0.6) is 5.75 Å². The summed E-state index contributed by atoms with van der Waals surface area (Å²) in [6.45, 7) is 3.05. The van der Waals surface area contributed by atoms with Gasteiger partial charge in [-0.25, -0.2) is 4.98 Å². The van der Waals surface area contributed by atoms with E-state index in [0.717, 1.165) is 10.7 Å². The zero-order valence-electron chi connectivity index (χ0n) is 15.5. The Balaban J connectivity index is 1.40. The van der Waals surface area contributed by atoms with Crippen molar-refractivity contribution in [2.75, 3.05) is 13.1 Å². The second-order valence-corrected chi connectivity index (χ2v) is 7.11. The summed E-state index contributed by atoms with van der Waals surface area (Å²) in [6, 6.07) is 15.9. The topological polar surface area (TPSA) is 80.3 Å². The molecule has 3 aromatic rings. The average molecular weight is 395 g/mol. The van der Waals surface area contributed by atoms with Gasteiger partial charge < -0.3 is 15.4 Å². The molecule has 6 nitrogen and oxygen atoms in total. The van der Waals surface area contributed by atoms with E-state index < -0.39 is 0 Å². The van der Waals surface area contributed by atoms with Gasteiger partial charge in [-0.15, -0.1) is 11.3 Å². The molecule has 0 radical (unpaired) electrons. The molecule has 0 aliphatic rings. The van der Waals surface area contributed by atoms with Crippen molar-refractivity contribution in [3.63, 3.8) is 0 Å². The number of aryl methyl sites for hydroxylation is 1. The predicted molar refractivity (Wildman–Crippen MR) is 109 cm³/mol. The highest BCUT2D eigenvalue weighted by atomic mass is 32.1. The Morgan fingerprint density at radius 3 is 2.11 bits per heavy atom. The van der Waals surface area contributed by atoms with Gasteiger partial charge in [-0.3, -0.25) is 9.59 Å². The Morgan fingerprint density at radius 1 is 0.929 bits per heavy atom.